The number of halogens is 3. The Morgan fingerprint density at radius 2 is 1.95 bits per heavy atom. The minimum absolute atomic E-state index is 0.0312. The van der Waals surface area contributed by atoms with E-state index in [9.17, 15) is 13.9 Å². The second-order valence-corrected chi connectivity index (χ2v) is 5.55. The smallest absolute Gasteiger partial charge is 0.142 e. The number of fused-ring (bicyclic) bond motifs is 1. The van der Waals surface area contributed by atoms with E-state index in [2.05, 4.69) is 0 Å². The van der Waals surface area contributed by atoms with Crippen LogP contribution in [0.5, 0.6) is 0 Å². The average Bonchev–Trinajstić information content (AvgIpc) is 2.40. The molecule has 0 spiro atoms. The molecule has 3 rings (SSSR count). The molecule has 0 aliphatic heterocycles. The summed E-state index contributed by atoms with van der Waals surface area (Å²) in [6.07, 6.45) is 0.222. The van der Waals surface area contributed by atoms with E-state index in [4.69, 9.17) is 11.6 Å². The van der Waals surface area contributed by atoms with Gasteiger partial charge in [-0.2, -0.15) is 0 Å². The van der Waals surface area contributed by atoms with E-state index < -0.39 is 17.7 Å². The van der Waals surface area contributed by atoms with Gasteiger partial charge in [-0.25, -0.2) is 8.78 Å². The highest BCUT2D eigenvalue weighted by molar-refractivity contribution is 6.30. The van der Waals surface area contributed by atoms with Crippen LogP contribution in [0.15, 0.2) is 36.4 Å². The third-order valence-electron chi connectivity index (χ3n) is 3.87. The van der Waals surface area contributed by atoms with Crippen molar-refractivity contribution in [3.8, 4) is 0 Å². The van der Waals surface area contributed by atoms with Gasteiger partial charge in [0.15, 0.2) is 0 Å². The van der Waals surface area contributed by atoms with Crippen LogP contribution in [0.1, 0.15) is 35.1 Å². The molecule has 2 unspecified atom stereocenters. The molecule has 0 saturated heterocycles. The highest BCUT2D eigenvalue weighted by atomic mass is 35.5. The first-order chi connectivity index (χ1) is 9.56. The van der Waals surface area contributed by atoms with Gasteiger partial charge in [0.25, 0.3) is 0 Å². The first-order valence-electron chi connectivity index (χ1n) is 6.46. The fourth-order valence-corrected chi connectivity index (χ4v) is 2.91. The monoisotopic (exact) mass is 294 g/mol. The van der Waals surface area contributed by atoms with Crippen LogP contribution in [0.2, 0.25) is 5.02 Å². The molecule has 1 N–H and O–H groups in total. The van der Waals surface area contributed by atoms with E-state index >= 15 is 0 Å². The van der Waals surface area contributed by atoms with Crippen molar-refractivity contribution >= 4 is 11.6 Å². The van der Waals surface area contributed by atoms with Crippen LogP contribution in [0.3, 0.4) is 0 Å². The molecule has 0 fully saturated rings. The summed E-state index contributed by atoms with van der Waals surface area (Å²) in [6, 6.07) is 9.85. The number of hydrogen-bond acceptors (Lipinski definition) is 1. The van der Waals surface area contributed by atoms with Crippen molar-refractivity contribution in [2.75, 3.05) is 0 Å². The Morgan fingerprint density at radius 1 is 1.20 bits per heavy atom. The predicted molar refractivity (Wildman–Crippen MR) is 73.8 cm³/mol. The zero-order valence-corrected chi connectivity index (χ0v) is 11.4. The molecule has 4 heteroatoms. The maximum atomic E-state index is 13.7. The molecule has 0 radical (unpaired) electrons. The minimum atomic E-state index is -1.03. The van der Waals surface area contributed by atoms with Crippen molar-refractivity contribution in [2.45, 2.75) is 24.9 Å². The van der Waals surface area contributed by atoms with Gasteiger partial charge in [-0.05, 0) is 42.0 Å². The van der Waals surface area contributed by atoms with Gasteiger partial charge in [-0.3, -0.25) is 0 Å². The molecule has 2 atom stereocenters. The van der Waals surface area contributed by atoms with Crippen LogP contribution in [0.4, 0.5) is 8.78 Å². The van der Waals surface area contributed by atoms with E-state index in [1.165, 1.54) is 11.1 Å². The summed E-state index contributed by atoms with van der Waals surface area (Å²) >= 11 is 5.51. The fraction of sp³-hybridized carbons (Fsp3) is 0.250. The van der Waals surface area contributed by atoms with Crippen molar-refractivity contribution in [3.63, 3.8) is 0 Å². The van der Waals surface area contributed by atoms with Crippen LogP contribution >= 0.6 is 11.6 Å². The summed E-state index contributed by atoms with van der Waals surface area (Å²) in [4.78, 5) is 0. The summed E-state index contributed by atoms with van der Waals surface area (Å²) in [5.74, 6) is -1.19. The van der Waals surface area contributed by atoms with Crippen molar-refractivity contribution in [3.05, 3.63) is 69.7 Å². The standard InChI is InChI=1S/C16H13ClF2O/c17-13-8-14(18)12(7-15(13)19)16(20)6-10-5-9-3-1-2-4-11(9)10/h1-4,7-8,10,16,20H,5-6H2. The first-order valence-corrected chi connectivity index (χ1v) is 6.84. The molecule has 0 heterocycles. The van der Waals surface area contributed by atoms with Crippen molar-refractivity contribution in [2.24, 2.45) is 0 Å². The molecule has 0 bridgehead atoms. The fourth-order valence-electron chi connectivity index (χ4n) is 2.76. The van der Waals surface area contributed by atoms with E-state index in [0.717, 1.165) is 18.6 Å². The Kier molecular flexibility index (Phi) is 3.48. The van der Waals surface area contributed by atoms with Gasteiger partial charge >= 0.3 is 0 Å². The number of aliphatic hydroxyl groups excluding tert-OH is 1. The van der Waals surface area contributed by atoms with Gasteiger partial charge < -0.3 is 5.11 Å². The van der Waals surface area contributed by atoms with Gasteiger partial charge in [0.05, 0.1) is 11.1 Å². The molecule has 0 aromatic heterocycles. The Labute approximate surface area is 120 Å². The summed E-state index contributed by atoms with van der Waals surface area (Å²) in [5.41, 5.74) is 2.41. The lowest BCUT2D eigenvalue weighted by atomic mass is 9.74. The topological polar surface area (TPSA) is 20.2 Å². The highest BCUT2D eigenvalue weighted by Gasteiger charge is 2.29. The number of benzene rings is 2. The maximum absolute atomic E-state index is 13.7. The third kappa shape index (κ3) is 2.32. The zero-order valence-electron chi connectivity index (χ0n) is 10.6. The van der Waals surface area contributed by atoms with Gasteiger partial charge in [0, 0.05) is 5.56 Å². The Hall–Kier alpha value is -1.45. The van der Waals surface area contributed by atoms with Crippen LogP contribution < -0.4 is 0 Å². The van der Waals surface area contributed by atoms with Crippen LogP contribution in [-0.4, -0.2) is 5.11 Å². The van der Waals surface area contributed by atoms with Crippen molar-refractivity contribution < 1.29 is 13.9 Å². The predicted octanol–water partition coefficient (Wildman–Crippen LogP) is 4.38. The molecular weight excluding hydrogens is 282 g/mol. The lowest BCUT2D eigenvalue weighted by molar-refractivity contribution is 0.149. The van der Waals surface area contributed by atoms with E-state index in [1.54, 1.807) is 0 Å². The summed E-state index contributed by atoms with van der Waals surface area (Å²) < 4.78 is 27.1. The van der Waals surface area contributed by atoms with Crippen molar-refractivity contribution in [1.82, 2.24) is 0 Å². The second-order valence-electron chi connectivity index (χ2n) is 5.14. The first kappa shape index (κ1) is 13.5. The number of rotatable bonds is 3. The summed E-state index contributed by atoms with van der Waals surface area (Å²) in [6.45, 7) is 0. The van der Waals surface area contributed by atoms with Gasteiger partial charge in [0.2, 0.25) is 0 Å². The molecule has 1 aliphatic carbocycles. The average molecular weight is 295 g/mol. The molecule has 2 aromatic rings. The normalized spacial score (nSPS) is 18.3. The van der Waals surface area contributed by atoms with E-state index in [1.807, 2.05) is 24.3 Å². The number of aliphatic hydroxyl groups is 1. The molecular formula is C16H13ClF2O. The Bertz CT molecular complexity index is 657. The summed E-state index contributed by atoms with van der Waals surface area (Å²) in [7, 11) is 0. The largest absolute Gasteiger partial charge is 0.388 e. The van der Waals surface area contributed by atoms with E-state index in [-0.39, 0.29) is 16.5 Å². The molecule has 0 amide bonds. The Balaban J connectivity index is 1.78. The maximum Gasteiger partial charge on any atom is 0.142 e. The van der Waals surface area contributed by atoms with Crippen LogP contribution in [0, 0.1) is 11.6 Å². The molecule has 20 heavy (non-hydrogen) atoms. The third-order valence-corrected chi connectivity index (χ3v) is 4.16. The molecule has 1 nitrogen and oxygen atoms in total. The molecule has 0 saturated carbocycles. The van der Waals surface area contributed by atoms with Gasteiger partial charge in [-0.1, -0.05) is 35.9 Å². The van der Waals surface area contributed by atoms with Gasteiger partial charge in [-0.15, -0.1) is 0 Å². The van der Waals surface area contributed by atoms with Crippen LogP contribution in [-0.2, 0) is 6.42 Å². The SMILES string of the molecule is OC(CC1Cc2ccccc21)c1cc(F)c(Cl)cc1F. The molecule has 104 valence electrons. The highest BCUT2D eigenvalue weighted by Crippen LogP contribution is 2.41. The lowest BCUT2D eigenvalue weighted by Gasteiger charge is -2.31. The zero-order chi connectivity index (χ0) is 14.3. The summed E-state index contributed by atoms with van der Waals surface area (Å²) in [5, 5.41) is 9.86. The minimum Gasteiger partial charge on any atom is -0.388 e. The van der Waals surface area contributed by atoms with Crippen molar-refractivity contribution in [1.29, 1.82) is 0 Å². The van der Waals surface area contributed by atoms with Crippen LogP contribution in [0.25, 0.3) is 0 Å². The molecule has 1 aliphatic rings. The second kappa shape index (κ2) is 5.15. The lowest BCUT2D eigenvalue weighted by Crippen LogP contribution is -2.19. The molecule has 2 aromatic carbocycles. The van der Waals surface area contributed by atoms with Gasteiger partial charge in [0.1, 0.15) is 11.6 Å². The number of hydrogen-bond donors (Lipinski definition) is 1. The quantitative estimate of drug-likeness (QED) is 0.833. The van der Waals surface area contributed by atoms with E-state index in [0.29, 0.717) is 6.42 Å². The Morgan fingerprint density at radius 3 is 2.70 bits per heavy atom.